The Morgan fingerprint density at radius 1 is 0.963 bits per heavy atom. The number of halogens is 2. The lowest BCUT2D eigenvalue weighted by Gasteiger charge is -2.14. The van der Waals surface area contributed by atoms with Gasteiger partial charge in [0.15, 0.2) is 0 Å². The van der Waals surface area contributed by atoms with Crippen LogP contribution >= 0.6 is 0 Å². The lowest BCUT2D eigenvalue weighted by atomic mass is 10.0. The first-order chi connectivity index (χ1) is 13.0. The molecule has 0 bridgehead atoms. The van der Waals surface area contributed by atoms with Crippen LogP contribution in [0, 0.1) is 11.6 Å². The van der Waals surface area contributed by atoms with E-state index in [2.05, 4.69) is 34.4 Å². The van der Waals surface area contributed by atoms with Crippen molar-refractivity contribution in [2.45, 2.75) is 19.8 Å². The summed E-state index contributed by atoms with van der Waals surface area (Å²) in [6, 6.07) is 11.2. The van der Waals surface area contributed by atoms with E-state index in [1.165, 1.54) is 18.5 Å². The van der Waals surface area contributed by atoms with Crippen LogP contribution in [0.5, 0.6) is 0 Å². The Balaban J connectivity index is 1.75. The molecule has 0 unspecified atom stereocenters. The molecule has 3 rings (SSSR count). The van der Waals surface area contributed by atoms with Crippen LogP contribution in [0.3, 0.4) is 0 Å². The zero-order chi connectivity index (χ0) is 19.4. The molecular weight excluding hydrogens is 350 g/mol. The minimum atomic E-state index is -0.861. The van der Waals surface area contributed by atoms with Gasteiger partial charge in [0.2, 0.25) is 0 Å². The van der Waals surface area contributed by atoms with Crippen LogP contribution in [0.4, 0.5) is 26.0 Å². The number of hydrogen-bond acceptors (Lipinski definition) is 4. The van der Waals surface area contributed by atoms with Gasteiger partial charge in [-0.05, 0) is 29.7 Å². The van der Waals surface area contributed by atoms with Crippen molar-refractivity contribution >= 4 is 23.1 Å². The molecule has 0 aliphatic rings. The molecule has 138 valence electrons. The van der Waals surface area contributed by atoms with E-state index in [-0.39, 0.29) is 5.69 Å². The Morgan fingerprint density at radius 3 is 2.30 bits per heavy atom. The minimum absolute atomic E-state index is 0.0552. The smallest absolute Gasteiger partial charge is 0.276 e. The second kappa shape index (κ2) is 7.90. The normalized spacial score (nSPS) is 10.7. The summed E-state index contributed by atoms with van der Waals surface area (Å²) in [5.41, 5.74) is 1.45. The molecule has 0 atom stereocenters. The number of nitrogens with one attached hydrogen (secondary N) is 2. The second-order valence-corrected chi connectivity index (χ2v) is 6.20. The maximum atomic E-state index is 13.6. The Hall–Kier alpha value is -3.35. The predicted molar refractivity (Wildman–Crippen MR) is 100 cm³/mol. The molecule has 1 amide bonds. The average Bonchev–Trinajstić information content (AvgIpc) is 2.65. The van der Waals surface area contributed by atoms with E-state index in [4.69, 9.17) is 0 Å². The molecule has 27 heavy (non-hydrogen) atoms. The van der Waals surface area contributed by atoms with E-state index >= 15 is 0 Å². The summed E-state index contributed by atoms with van der Waals surface area (Å²) in [6.45, 7) is 4.17. The zero-order valence-corrected chi connectivity index (χ0v) is 14.8. The molecule has 2 N–H and O–H groups in total. The highest BCUT2D eigenvalue weighted by atomic mass is 19.1. The molecule has 0 aliphatic carbocycles. The van der Waals surface area contributed by atoms with Crippen LogP contribution < -0.4 is 10.6 Å². The fraction of sp³-hybridized carbons (Fsp3) is 0.150. The largest absolute Gasteiger partial charge is 0.339 e. The molecule has 0 fully saturated rings. The number of anilines is 3. The van der Waals surface area contributed by atoms with Gasteiger partial charge in [-0.1, -0.05) is 38.1 Å². The molecule has 0 spiro atoms. The van der Waals surface area contributed by atoms with Crippen molar-refractivity contribution in [3.63, 3.8) is 0 Å². The lowest BCUT2D eigenvalue weighted by Crippen LogP contribution is -2.16. The number of carbonyl (C=O) groups is 1. The van der Waals surface area contributed by atoms with E-state index in [1.54, 1.807) is 0 Å². The van der Waals surface area contributed by atoms with Crippen molar-refractivity contribution in [1.29, 1.82) is 0 Å². The highest BCUT2D eigenvalue weighted by Gasteiger charge is 2.15. The molecule has 7 heteroatoms. The Kier molecular flexibility index (Phi) is 5.40. The molecule has 0 aliphatic heterocycles. The summed E-state index contributed by atoms with van der Waals surface area (Å²) in [4.78, 5) is 20.3. The molecule has 0 radical (unpaired) electrons. The van der Waals surface area contributed by atoms with Gasteiger partial charge in [0, 0.05) is 5.69 Å². The van der Waals surface area contributed by atoms with Crippen molar-refractivity contribution in [2.75, 3.05) is 10.6 Å². The lowest BCUT2D eigenvalue weighted by molar-refractivity contribution is 0.102. The SMILES string of the molecule is CC(C)c1ccccc1Nc1cnc(C(=O)Nc2c(F)cccc2F)cn1. The van der Waals surface area contributed by atoms with Crippen LogP contribution in [-0.2, 0) is 0 Å². The molecule has 5 nitrogen and oxygen atoms in total. The van der Waals surface area contributed by atoms with Crippen LogP contribution in [0.2, 0.25) is 0 Å². The molecule has 0 saturated heterocycles. The number of para-hydroxylation sites is 2. The highest BCUT2D eigenvalue weighted by molar-refractivity contribution is 6.02. The molecule has 2 aromatic carbocycles. The van der Waals surface area contributed by atoms with Crippen molar-refractivity contribution in [2.24, 2.45) is 0 Å². The molecular formula is C20H18F2N4O. The van der Waals surface area contributed by atoms with Crippen LogP contribution in [0.25, 0.3) is 0 Å². The third-order valence-corrected chi connectivity index (χ3v) is 3.93. The Bertz CT molecular complexity index is 938. The number of benzene rings is 2. The van der Waals surface area contributed by atoms with Gasteiger partial charge in [-0.3, -0.25) is 4.79 Å². The second-order valence-electron chi connectivity index (χ2n) is 6.20. The fourth-order valence-corrected chi connectivity index (χ4v) is 2.56. The number of amides is 1. The van der Waals surface area contributed by atoms with Crippen LogP contribution in [0.1, 0.15) is 35.8 Å². The van der Waals surface area contributed by atoms with Gasteiger partial charge in [0.05, 0.1) is 12.4 Å². The highest BCUT2D eigenvalue weighted by Crippen LogP contribution is 2.26. The fourth-order valence-electron chi connectivity index (χ4n) is 2.56. The predicted octanol–water partition coefficient (Wildman–Crippen LogP) is 4.87. The van der Waals surface area contributed by atoms with Crippen LogP contribution in [0.15, 0.2) is 54.9 Å². The van der Waals surface area contributed by atoms with E-state index < -0.39 is 23.2 Å². The topological polar surface area (TPSA) is 66.9 Å². The zero-order valence-electron chi connectivity index (χ0n) is 14.8. The maximum Gasteiger partial charge on any atom is 0.276 e. The summed E-state index contributed by atoms with van der Waals surface area (Å²) in [7, 11) is 0. The number of carbonyl (C=O) groups excluding carboxylic acids is 1. The summed E-state index contributed by atoms with van der Waals surface area (Å²) in [5, 5.41) is 5.34. The first-order valence-corrected chi connectivity index (χ1v) is 8.39. The quantitative estimate of drug-likeness (QED) is 0.674. The minimum Gasteiger partial charge on any atom is -0.339 e. The molecule has 0 saturated carbocycles. The van der Waals surface area contributed by atoms with E-state index in [0.29, 0.717) is 11.7 Å². The van der Waals surface area contributed by atoms with E-state index in [9.17, 15) is 13.6 Å². The number of nitrogens with zero attached hydrogens (tertiary/aromatic N) is 2. The van der Waals surface area contributed by atoms with Gasteiger partial charge in [-0.15, -0.1) is 0 Å². The van der Waals surface area contributed by atoms with Crippen molar-refractivity contribution in [3.05, 3.63) is 77.8 Å². The van der Waals surface area contributed by atoms with Gasteiger partial charge in [0.1, 0.15) is 28.8 Å². The van der Waals surface area contributed by atoms with Gasteiger partial charge in [-0.2, -0.15) is 0 Å². The van der Waals surface area contributed by atoms with E-state index in [1.807, 2.05) is 24.3 Å². The number of hydrogen-bond donors (Lipinski definition) is 2. The van der Waals surface area contributed by atoms with Crippen LogP contribution in [-0.4, -0.2) is 15.9 Å². The number of rotatable bonds is 5. The summed E-state index contributed by atoms with van der Waals surface area (Å²) >= 11 is 0. The Labute approximate surface area is 155 Å². The van der Waals surface area contributed by atoms with Crippen molar-refractivity contribution in [3.8, 4) is 0 Å². The first-order valence-electron chi connectivity index (χ1n) is 8.39. The van der Waals surface area contributed by atoms with Crippen molar-refractivity contribution in [1.82, 2.24) is 9.97 Å². The van der Waals surface area contributed by atoms with Gasteiger partial charge < -0.3 is 10.6 Å². The average molecular weight is 368 g/mol. The third kappa shape index (κ3) is 4.25. The molecule has 1 aromatic heterocycles. The van der Waals surface area contributed by atoms with Gasteiger partial charge >= 0.3 is 0 Å². The van der Waals surface area contributed by atoms with Gasteiger partial charge in [0.25, 0.3) is 5.91 Å². The van der Waals surface area contributed by atoms with E-state index in [0.717, 1.165) is 23.4 Å². The Morgan fingerprint density at radius 2 is 1.67 bits per heavy atom. The maximum absolute atomic E-state index is 13.6. The standard InChI is InChI=1S/C20H18F2N4O/c1-12(2)13-6-3-4-9-16(13)25-18-11-23-17(10-24-18)20(27)26-19-14(21)7-5-8-15(19)22/h3-12H,1-2H3,(H,24,25)(H,26,27). The molecule has 3 aromatic rings. The third-order valence-electron chi connectivity index (χ3n) is 3.93. The van der Waals surface area contributed by atoms with Gasteiger partial charge in [-0.25, -0.2) is 18.7 Å². The summed E-state index contributed by atoms with van der Waals surface area (Å²) in [5.74, 6) is -1.69. The van der Waals surface area contributed by atoms with Crippen molar-refractivity contribution < 1.29 is 13.6 Å². The summed E-state index contributed by atoms with van der Waals surface area (Å²) in [6.07, 6.45) is 2.64. The monoisotopic (exact) mass is 368 g/mol. The first kappa shape index (κ1) is 18.4. The summed E-state index contributed by atoms with van der Waals surface area (Å²) < 4.78 is 27.3. The number of aromatic nitrogens is 2. The molecule has 1 heterocycles.